The van der Waals surface area contributed by atoms with Gasteiger partial charge in [-0.15, -0.1) is 0 Å². The van der Waals surface area contributed by atoms with E-state index in [1.807, 2.05) is 24.3 Å². The number of carbonyl (C=O) groups excluding carboxylic acids is 1. The molecule has 1 fully saturated rings. The van der Waals surface area contributed by atoms with Gasteiger partial charge < -0.3 is 15.4 Å². The van der Waals surface area contributed by atoms with Gasteiger partial charge in [-0.3, -0.25) is 0 Å². The Hall–Kier alpha value is -3.52. The molecule has 6 nitrogen and oxygen atoms in total. The number of rotatable bonds is 6. The summed E-state index contributed by atoms with van der Waals surface area (Å²) in [6.45, 7) is 2.07. The van der Waals surface area contributed by atoms with Crippen LogP contribution >= 0.6 is 11.6 Å². The molecule has 36 heavy (non-hydrogen) atoms. The van der Waals surface area contributed by atoms with Gasteiger partial charge in [0.1, 0.15) is 5.82 Å². The quantitative estimate of drug-likeness (QED) is 0.335. The molecule has 1 saturated heterocycles. The number of nitrogen functional groups attached to an aromatic ring is 1. The summed E-state index contributed by atoms with van der Waals surface area (Å²) in [5.74, 6) is -3.53. The normalized spacial score (nSPS) is 17.4. The Labute approximate surface area is 213 Å². The van der Waals surface area contributed by atoms with Crippen molar-refractivity contribution in [1.82, 2.24) is 9.97 Å². The summed E-state index contributed by atoms with van der Waals surface area (Å²) in [6.07, 6.45) is 3.55. The van der Waals surface area contributed by atoms with Crippen LogP contribution < -0.4 is 10.6 Å². The molecule has 0 radical (unpaired) electrons. The number of benzene rings is 2. The van der Waals surface area contributed by atoms with Crippen molar-refractivity contribution in [2.24, 2.45) is 5.92 Å². The number of methoxy groups -OCH3 is 1. The zero-order chi connectivity index (χ0) is 25.9. The third-order valence-electron chi connectivity index (χ3n) is 6.19. The second-order valence-corrected chi connectivity index (χ2v) is 9.24. The maximum atomic E-state index is 14.7. The molecule has 1 atom stereocenters. The molecular formula is C27H27ClF2N4O2. The van der Waals surface area contributed by atoms with Crippen LogP contribution in [0.15, 0.2) is 60.7 Å². The van der Waals surface area contributed by atoms with Gasteiger partial charge in [0.15, 0.2) is 0 Å². The lowest BCUT2D eigenvalue weighted by Crippen LogP contribution is -2.47. The third-order valence-corrected chi connectivity index (χ3v) is 6.43. The molecule has 0 spiro atoms. The van der Waals surface area contributed by atoms with Gasteiger partial charge in [-0.1, -0.05) is 48.0 Å². The van der Waals surface area contributed by atoms with Gasteiger partial charge in [0.25, 0.3) is 5.92 Å². The number of halogens is 3. The highest BCUT2D eigenvalue weighted by molar-refractivity contribution is 6.31. The number of esters is 1. The number of aromatic nitrogens is 2. The van der Waals surface area contributed by atoms with Crippen LogP contribution in [0.3, 0.4) is 0 Å². The van der Waals surface area contributed by atoms with Crippen LogP contribution in [0.1, 0.15) is 28.0 Å². The first kappa shape index (κ1) is 25.6. The lowest BCUT2D eigenvalue weighted by Gasteiger charge is -2.37. The van der Waals surface area contributed by atoms with Crippen LogP contribution in [-0.4, -0.2) is 42.1 Å². The molecule has 1 aliphatic rings. The van der Waals surface area contributed by atoms with Crippen molar-refractivity contribution in [3.8, 4) is 11.1 Å². The Bertz CT molecular complexity index is 1260. The summed E-state index contributed by atoms with van der Waals surface area (Å²) in [6, 6.07) is 14.2. The van der Waals surface area contributed by atoms with E-state index < -0.39 is 17.8 Å². The summed E-state index contributed by atoms with van der Waals surface area (Å²) >= 11 is 6.14. The second kappa shape index (κ2) is 10.6. The number of hydrogen-bond acceptors (Lipinski definition) is 6. The van der Waals surface area contributed by atoms with E-state index in [1.165, 1.54) is 7.11 Å². The van der Waals surface area contributed by atoms with E-state index >= 15 is 0 Å². The monoisotopic (exact) mass is 512 g/mol. The topological polar surface area (TPSA) is 81.3 Å². The molecule has 3 aromatic rings. The molecule has 9 heteroatoms. The molecule has 1 aromatic heterocycles. The fourth-order valence-electron chi connectivity index (χ4n) is 4.27. The summed E-state index contributed by atoms with van der Waals surface area (Å²) in [5, 5.41) is 0.505. The molecule has 0 saturated carbocycles. The Morgan fingerprint density at radius 2 is 1.97 bits per heavy atom. The van der Waals surface area contributed by atoms with E-state index in [-0.39, 0.29) is 19.5 Å². The average Bonchev–Trinajstić information content (AvgIpc) is 2.84. The van der Waals surface area contributed by atoms with E-state index in [0.717, 1.165) is 11.1 Å². The Morgan fingerprint density at radius 3 is 2.67 bits per heavy atom. The van der Waals surface area contributed by atoms with Crippen molar-refractivity contribution in [1.29, 1.82) is 0 Å². The number of nitrogens with zero attached hydrogens (tertiary/aromatic N) is 3. The Morgan fingerprint density at radius 1 is 1.22 bits per heavy atom. The smallest absolute Gasteiger partial charge is 0.338 e. The predicted octanol–water partition coefficient (Wildman–Crippen LogP) is 5.73. The van der Waals surface area contributed by atoms with Crippen LogP contribution in [0.4, 0.5) is 20.5 Å². The maximum absolute atomic E-state index is 14.7. The van der Waals surface area contributed by atoms with E-state index in [4.69, 9.17) is 22.1 Å². The van der Waals surface area contributed by atoms with Gasteiger partial charge in [-0.2, -0.15) is 4.98 Å². The number of nitrogens with two attached hydrogens (primary N) is 1. The summed E-state index contributed by atoms with van der Waals surface area (Å²) in [5.41, 5.74) is 9.34. The van der Waals surface area contributed by atoms with Crippen molar-refractivity contribution in [3.63, 3.8) is 0 Å². The maximum Gasteiger partial charge on any atom is 0.338 e. The van der Waals surface area contributed by atoms with E-state index in [1.54, 1.807) is 48.2 Å². The lowest BCUT2D eigenvalue weighted by atomic mass is 9.92. The minimum atomic E-state index is -2.82. The summed E-state index contributed by atoms with van der Waals surface area (Å²) in [4.78, 5) is 22.5. The first-order valence-electron chi connectivity index (χ1n) is 11.5. The fourth-order valence-corrected chi connectivity index (χ4v) is 4.44. The highest BCUT2D eigenvalue weighted by Gasteiger charge is 2.43. The van der Waals surface area contributed by atoms with Gasteiger partial charge in [-0.05, 0) is 48.2 Å². The fraction of sp³-hybridized carbons (Fsp3) is 0.296. The largest absolute Gasteiger partial charge is 0.465 e. The lowest BCUT2D eigenvalue weighted by molar-refractivity contribution is -0.0547. The minimum absolute atomic E-state index is 0.108. The van der Waals surface area contributed by atoms with E-state index in [0.29, 0.717) is 40.0 Å². The second-order valence-electron chi connectivity index (χ2n) is 8.81. The van der Waals surface area contributed by atoms with Gasteiger partial charge >= 0.3 is 5.97 Å². The standard InChI is InChI=1S/C27H27ClF2N4O2/c1-17-14-24(31)33-26(32-17)34-13-12-27(29,30)20(16-34)5-3-4-18-6-8-19(9-7-18)23-15-21(28)10-11-22(23)25(35)36-2/h3,5-11,14-15,20H,4,12-13,16H2,1-2H3,(H2,31,32,33). The summed E-state index contributed by atoms with van der Waals surface area (Å²) < 4.78 is 34.2. The number of carbonyl (C=O) groups is 1. The number of allylic oxidation sites excluding steroid dienone is 1. The SMILES string of the molecule is COC(=O)c1ccc(Cl)cc1-c1ccc(CC=CC2CN(c3nc(C)cc(N)n3)CCC2(F)F)cc1. The Balaban J connectivity index is 1.46. The first-order valence-corrected chi connectivity index (χ1v) is 11.9. The molecule has 4 rings (SSSR count). The van der Waals surface area contributed by atoms with Crippen LogP contribution in [0.5, 0.6) is 0 Å². The molecule has 2 N–H and O–H groups in total. The van der Waals surface area contributed by atoms with E-state index in [2.05, 4.69) is 9.97 Å². The number of hydrogen-bond donors (Lipinski definition) is 1. The molecule has 2 aromatic carbocycles. The van der Waals surface area contributed by atoms with Gasteiger partial charge in [0, 0.05) is 36.3 Å². The predicted molar refractivity (Wildman–Crippen MR) is 138 cm³/mol. The average molecular weight is 513 g/mol. The molecule has 2 heterocycles. The van der Waals surface area contributed by atoms with Crippen molar-refractivity contribution in [2.75, 3.05) is 30.8 Å². The van der Waals surface area contributed by atoms with Crippen molar-refractivity contribution in [2.45, 2.75) is 25.7 Å². The molecule has 0 bridgehead atoms. The highest BCUT2D eigenvalue weighted by Crippen LogP contribution is 2.36. The van der Waals surface area contributed by atoms with Crippen LogP contribution in [0.25, 0.3) is 11.1 Å². The van der Waals surface area contributed by atoms with Crippen LogP contribution in [0, 0.1) is 12.8 Å². The molecular weight excluding hydrogens is 486 g/mol. The zero-order valence-corrected chi connectivity index (χ0v) is 20.8. The number of anilines is 2. The van der Waals surface area contributed by atoms with Crippen LogP contribution in [-0.2, 0) is 11.2 Å². The van der Waals surface area contributed by atoms with Gasteiger partial charge in [0.05, 0.1) is 18.6 Å². The molecule has 188 valence electrons. The number of alkyl halides is 2. The molecule has 0 amide bonds. The van der Waals surface area contributed by atoms with Crippen molar-refractivity contribution >= 4 is 29.3 Å². The van der Waals surface area contributed by atoms with Crippen molar-refractivity contribution < 1.29 is 18.3 Å². The highest BCUT2D eigenvalue weighted by atomic mass is 35.5. The van der Waals surface area contributed by atoms with E-state index in [9.17, 15) is 13.6 Å². The number of aryl methyl sites for hydroxylation is 1. The number of ether oxygens (including phenoxy) is 1. The minimum Gasteiger partial charge on any atom is -0.465 e. The molecule has 1 unspecified atom stereocenters. The van der Waals surface area contributed by atoms with Gasteiger partial charge in [0.2, 0.25) is 5.95 Å². The first-order chi connectivity index (χ1) is 17.2. The molecule has 1 aliphatic heterocycles. The van der Waals surface area contributed by atoms with Gasteiger partial charge in [-0.25, -0.2) is 18.6 Å². The zero-order valence-electron chi connectivity index (χ0n) is 20.0. The number of piperidine rings is 1. The third kappa shape index (κ3) is 5.82. The van der Waals surface area contributed by atoms with Crippen molar-refractivity contribution in [3.05, 3.63) is 82.5 Å². The molecule has 0 aliphatic carbocycles. The Kier molecular flexibility index (Phi) is 7.54. The van der Waals surface area contributed by atoms with Crippen LogP contribution in [0.2, 0.25) is 5.02 Å². The summed E-state index contributed by atoms with van der Waals surface area (Å²) in [7, 11) is 1.33.